The minimum Gasteiger partial charge on any atom is -0.395 e. The summed E-state index contributed by atoms with van der Waals surface area (Å²) in [5.41, 5.74) is 6.79. The van der Waals surface area contributed by atoms with Gasteiger partial charge in [-0.05, 0) is 25.1 Å². The molecule has 0 saturated carbocycles. The average molecular weight is 280 g/mol. The zero-order chi connectivity index (χ0) is 14.5. The lowest BCUT2D eigenvalue weighted by atomic mass is 10.2. The van der Waals surface area contributed by atoms with Crippen LogP contribution in [-0.4, -0.2) is 54.3 Å². The second kappa shape index (κ2) is 6.53. The Labute approximate surface area is 117 Å². The number of aliphatic hydroxyl groups excluding tert-OH is 1. The molecule has 7 heteroatoms. The Morgan fingerprint density at radius 1 is 1.30 bits per heavy atom. The summed E-state index contributed by atoms with van der Waals surface area (Å²) in [7, 11) is 0. The van der Waals surface area contributed by atoms with Crippen molar-refractivity contribution in [1.82, 2.24) is 4.90 Å². The van der Waals surface area contributed by atoms with Gasteiger partial charge in [0, 0.05) is 37.9 Å². The quantitative estimate of drug-likeness (QED) is 0.478. The van der Waals surface area contributed by atoms with Crippen LogP contribution in [0, 0.1) is 10.1 Å². The molecular formula is C13H20N4O3. The standard InChI is InChI=1S/C13H20N4O3/c14-12-10-11(2-3-13(12)17(19)20)16-5-1-4-15(6-7-16)8-9-18/h2-3,10,18H,1,4-9,14H2. The van der Waals surface area contributed by atoms with Crippen molar-refractivity contribution in [3.05, 3.63) is 28.3 Å². The molecule has 0 amide bonds. The lowest BCUT2D eigenvalue weighted by Crippen LogP contribution is -2.32. The Bertz CT molecular complexity index is 481. The molecule has 1 aliphatic rings. The number of nitrogens with zero attached hydrogens (tertiary/aromatic N) is 3. The van der Waals surface area contributed by atoms with Crippen LogP contribution >= 0.6 is 0 Å². The van der Waals surface area contributed by atoms with Gasteiger partial charge in [-0.15, -0.1) is 0 Å². The lowest BCUT2D eigenvalue weighted by molar-refractivity contribution is -0.383. The molecule has 1 aromatic carbocycles. The highest BCUT2D eigenvalue weighted by Gasteiger charge is 2.17. The van der Waals surface area contributed by atoms with Gasteiger partial charge in [-0.2, -0.15) is 0 Å². The number of anilines is 2. The van der Waals surface area contributed by atoms with Gasteiger partial charge in [0.2, 0.25) is 0 Å². The smallest absolute Gasteiger partial charge is 0.292 e. The SMILES string of the molecule is Nc1cc(N2CCCN(CCO)CC2)ccc1[N+](=O)[O-]. The Hall–Kier alpha value is -1.86. The molecule has 1 aromatic rings. The molecule has 0 spiro atoms. The fourth-order valence-corrected chi connectivity index (χ4v) is 2.50. The highest BCUT2D eigenvalue weighted by Crippen LogP contribution is 2.27. The Morgan fingerprint density at radius 2 is 2.10 bits per heavy atom. The maximum Gasteiger partial charge on any atom is 0.292 e. The first-order chi connectivity index (χ1) is 9.61. The zero-order valence-electron chi connectivity index (χ0n) is 11.4. The number of hydrogen-bond acceptors (Lipinski definition) is 6. The summed E-state index contributed by atoms with van der Waals surface area (Å²) in [6.45, 7) is 4.41. The number of β-amino-alcohol motifs (C(OH)–C–C–N with tert-alkyl or cyclic N) is 1. The van der Waals surface area contributed by atoms with Gasteiger partial charge in [0.1, 0.15) is 5.69 Å². The number of nitrogens with two attached hydrogens (primary N) is 1. The van der Waals surface area contributed by atoms with Gasteiger partial charge in [-0.1, -0.05) is 0 Å². The highest BCUT2D eigenvalue weighted by molar-refractivity contribution is 5.66. The van der Waals surface area contributed by atoms with Crippen molar-refractivity contribution in [2.75, 3.05) is 50.0 Å². The summed E-state index contributed by atoms with van der Waals surface area (Å²) in [4.78, 5) is 14.7. The molecule has 110 valence electrons. The summed E-state index contributed by atoms with van der Waals surface area (Å²) in [6, 6.07) is 4.87. The van der Waals surface area contributed by atoms with Crippen LogP contribution in [0.5, 0.6) is 0 Å². The van der Waals surface area contributed by atoms with Crippen molar-refractivity contribution in [1.29, 1.82) is 0 Å². The number of nitro benzene ring substituents is 1. The maximum absolute atomic E-state index is 10.8. The van der Waals surface area contributed by atoms with Crippen LogP contribution < -0.4 is 10.6 Å². The molecule has 0 unspecified atom stereocenters. The van der Waals surface area contributed by atoms with Crippen molar-refractivity contribution in [2.45, 2.75) is 6.42 Å². The summed E-state index contributed by atoms with van der Waals surface area (Å²) in [5, 5.41) is 19.7. The molecule has 0 atom stereocenters. The van der Waals surface area contributed by atoms with E-state index in [1.165, 1.54) is 6.07 Å². The summed E-state index contributed by atoms with van der Waals surface area (Å²) in [6.07, 6.45) is 0.997. The molecule has 0 aliphatic carbocycles. The van der Waals surface area contributed by atoms with E-state index < -0.39 is 4.92 Å². The average Bonchev–Trinajstić information content (AvgIpc) is 2.64. The fraction of sp³-hybridized carbons (Fsp3) is 0.538. The molecule has 1 saturated heterocycles. The third kappa shape index (κ3) is 3.37. The van der Waals surface area contributed by atoms with Crippen LogP contribution in [0.25, 0.3) is 0 Å². The molecule has 1 aliphatic heterocycles. The number of nitrogen functional groups attached to an aromatic ring is 1. The van der Waals surface area contributed by atoms with Crippen molar-refractivity contribution >= 4 is 17.1 Å². The second-order valence-electron chi connectivity index (χ2n) is 4.91. The first-order valence-electron chi connectivity index (χ1n) is 6.74. The van der Waals surface area contributed by atoms with E-state index >= 15 is 0 Å². The maximum atomic E-state index is 10.8. The number of rotatable bonds is 4. The number of aliphatic hydroxyl groups is 1. The summed E-state index contributed by atoms with van der Waals surface area (Å²) < 4.78 is 0. The van der Waals surface area contributed by atoms with E-state index in [0.717, 1.165) is 38.3 Å². The van der Waals surface area contributed by atoms with Crippen LogP contribution in [0.3, 0.4) is 0 Å². The molecule has 7 nitrogen and oxygen atoms in total. The van der Waals surface area contributed by atoms with Crippen LogP contribution in [-0.2, 0) is 0 Å². The van der Waals surface area contributed by atoms with E-state index in [4.69, 9.17) is 10.8 Å². The van der Waals surface area contributed by atoms with Gasteiger partial charge in [-0.25, -0.2) is 0 Å². The van der Waals surface area contributed by atoms with Gasteiger partial charge in [0.05, 0.1) is 11.5 Å². The number of hydrogen-bond donors (Lipinski definition) is 2. The van der Waals surface area contributed by atoms with Gasteiger partial charge in [0.15, 0.2) is 0 Å². The minimum atomic E-state index is -0.468. The van der Waals surface area contributed by atoms with Crippen molar-refractivity contribution < 1.29 is 10.0 Å². The van der Waals surface area contributed by atoms with Crippen molar-refractivity contribution in [2.24, 2.45) is 0 Å². The molecule has 0 aromatic heterocycles. The third-order valence-electron chi connectivity index (χ3n) is 3.58. The van der Waals surface area contributed by atoms with Crippen LogP contribution in [0.2, 0.25) is 0 Å². The Kier molecular flexibility index (Phi) is 4.75. The molecule has 2 rings (SSSR count). The van der Waals surface area contributed by atoms with E-state index in [1.807, 2.05) is 0 Å². The molecule has 0 bridgehead atoms. The van der Waals surface area contributed by atoms with Gasteiger partial charge < -0.3 is 15.7 Å². The fourth-order valence-electron chi connectivity index (χ4n) is 2.50. The van der Waals surface area contributed by atoms with E-state index in [9.17, 15) is 10.1 Å². The number of nitro groups is 1. The Balaban J connectivity index is 2.08. The van der Waals surface area contributed by atoms with E-state index in [-0.39, 0.29) is 18.0 Å². The topological polar surface area (TPSA) is 95.9 Å². The normalized spacial score (nSPS) is 16.9. The number of benzene rings is 1. The molecule has 3 N–H and O–H groups in total. The Morgan fingerprint density at radius 3 is 2.75 bits per heavy atom. The molecule has 0 radical (unpaired) electrons. The molecule has 1 fully saturated rings. The highest BCUT2D eigenvalue weighted by atomic mass is 16.6. The van der Waals surface area contributed by atoms with Gasteiger partial charge >= 0.3 is 0 Å². The lowest BCUT2D eigenvalue weighted by Gasteiger charge is -2.23. The van der Waals surface area contributed by atoms with Crippen LogP contribution in [0.15, 0.2) is 18.2 Å². The minimum absolute atomic E-state index is 0.0505. The molecule has 1 heterocycles. The zero-order valence-corrected chi connectivity index (χ0v) is 11.4. The van der Waals surface area contributed by atoms with Crippen molar-refractivity contribution in [3.63, 3.8) is 0 Å². The van der Waals surface area contributed by atoms with E-state index in [1.54, 1.807) is 12.1 Å². The van der Waals surface area contributed by atoms with Crippen LogP contribution in [0.1, 0.15) is 6.42 Å². The van der Waals surface area contributed by atoms with E-state index in [0.29, 0.717) is 6.54 Å². The first-order valence-corrected chi connectivity index (χ1v) is 6.74. The van der Waals surface area contributed by atoms with Crippen LogP contribution in [0.4, 0.5) is 17.1 Å². The predicted octanol–water partition coefficient (Wildman–Crippen LogP) is 0.681. The summed E-state index contributed by atoms with van der Waals surface area (Å²) in [5.74, 6) is 0. The monoisotopic (exact) mass is 280 g/mol. The van der Waals surface area contributed by atoms with Gasteiger partial charge in [0.25, 0.3) is 5.69 Å². The third-order valence-corrected chi connectivity index (χ3v) is 3.58. The predicted molar refractivity (Wildman–Crippen MR) is 77.9 cm³/mol. The second-order valence-corrected chi connectivity index (χ2v) is 4.91. The summed E-state index contributed by atoms with van der Waals surface area (Å²) >= 11 is 0. The van der Waals surface area contributed by atoms with Crippen molar-refractivity contribution in [3.8, 4) is 0 Å². The van der Waals surface area contributed by atoms with E-state index in [2.05, 4.69) is 9.80 Å². The van der Waals surface area contributed by atoms with Gasteiger partial charge in [-0.3, -0.25) is 15.0 Å². The largest absolute Gasteiger partial charge is 0.395 e. The first kappa shape index (κ1) is 14.5. The molecular weight excluding hydrogens is 260 g/mol. The molecule has 20 heavy (non-hydrogen) atoms.